The number of hydrogen-bond acceptors (Lipinski definition) is 6. The van der Waals surface area contributed by atoms with Crippen molar-refractivity contribution in [1.82, 2.24) is 9.97 Å². The van der Waals surface area contributed by atoms with Crippen molar-refractivity contribution in [1.29, 1.82) is 0 Å². The fourth-order valence-corrected chi connectivity index (χ4v) is 1.25. The van der Waals surface area contributed by atoms with Crippen molar-refractivity contribution in [3.8, 4) is 23.0 Å². The summed E-state index contributed by atoms with van der Waals surface area (Å²) < 4.78 is 0. The Morgan fingerprint density at radius 3 is 2.27 bits per heavy atom. The number of benzene rings is 1. The lowest BCUT2D eigenvalue weighted by atomic mass is 10.2. The summed E-state index contributed by atoms with van der Waals surface area (Å²) in [5.74, 6) is -3.46. The predicted molar refractivity (Wildman–Crippen MR) is 49.0 cm³/mol. The number of H-pyrrole nitrogens is 1. The van der Waals surface area contributed by atoms with Crippen molar-refractivity contribution in [2.24, 2.45) is 0 Å². The van der Waals surface area contributed by atoms with Crippen LogP contribution in [0.25, 0.3) is 10.9 Å². The molecule has 1 aromatic heterocycles. The number of phenols is 4. The molecule has 15 heavy (non-hydrogen) atoms. The first-order valence-electron chi connectivity index (χ1n) is 3.87. The van der Waals surface area contributed by atoms with Crippen LogP contribution in [0.1, 0.15) is 0 Å². The summed E-state index contributed by atoms with van der Waals surface area (Å²) in [6, 6.07) is 0. The second kappa shape index (κ2) is 2.77. The lowest BCUT2D eigenvalue weighted by Crippen LogP contribution is -2.06. The molecule has 0 aliphatic carbocycles. The Balaban J connectivity index is 3.15. The molecule has 7 heteroatoms. The highest BCUT2D eigenvalue weighted by atomic mass is 16.3. The Morgan fingerprint density at radius 2 is 1.60 bits per heavy atom. The van der Waals surface area contributed by atoms with Crippen LogP contribution in [0.15, 0.2) is 11.1 Å². The number of phenolic OH excluding ortho intramolecular Hbond substituents is 4. The summed E-state index contributed by atoms with van der Waals surface area (Å²) in [5.41, 5.74) is -1.02. The zero-order chi connectivity index (χ0) is 11.2. The molecule has 0 atom stereocenters. The molecule has 78 valence electrons. The predicted octanol–water partition coefficient (Wildman–Crippen LogP) is -0.255. The topological polar surface area (TPSA) is 127 Å². The zero-order valence-electron chi connectivity index (χ0n) is 7.22. The van der Waals surface area contributed by atoms with E-state index in [0.717, 1.165) is 6.33 Å². The maximum atomic E-state index is 11.3. The Hall–Kier alpha value is -2.44. The smallest absolute Gasteiger partial charge is 0.262 e. The quantitative estimate of drug-likeness (QED) is 0.301. The van der Waals surface area contributed by atoms with Gasteiger partial charge >= 0.3 is 0 Å². The molecule has 1 aromatic carbocycles. The van der Waals surface area contributed by atoms with Crippen LogP contribution in [0.3, 0.4) is 0 Å². The third-order valence-corrected chi connectivity index (χ3v) is 1.99. The number of aromatic amines is 1. The molecule has 0 bridgehead atoms. The summed E-state index contributed by atoms with van der Waals surface area (Å²) in [5, 5.41) is 36.7. The maximum Gasteiger partial charge on any atom is 0.262 e. The maximum absolute atomic E-state index is 11.3. The molecule has 2 aromatic rings. The van der Waals surface area contributed by atoms with Crippen LogP contribution in [-0.4, -0.2) is 30.4 Å². The lowest BCUT2D eigenvalue weighted by molar-refractivity contribution is 0.350. The van der Waals surface area contributed by atoms with Gasteiger partial charge in [-0.05, 0) is 0 Å². The van der Waals surface area contributed by atoms with Gasteiger partial charge in [0.2, 0.25) is 11.5 Å². The zero-order valence-corrected chi connectivity index (χ0v) is 7.22. The Morgan fingerprint density at radius 1 is 1.00 bits per heavy atom. The number of aromatic nitrogens is 2. The minimum Gasteiger partial charge on any atom is -0.504 e. The van der Waals surface area contributed by atoms with E-state index < -0.39 is 28.6 Å². The number of fused-ring (bicyclic) bond motifs is 1. The van der Waals surface area contributed by atoms with Gasteiger partial charge in [0.25, 0.3) is 5.56 Å². The first kappa shape index (κ1) is 9.13. The third kappa shape index (κ3) is 1.06. The molecule has 7 nitrogen and oxygen atoms in total. The van der Waals surface area contributed by atoms with Gasteiger partial charge in [0.15, 0.2) is 11.5 Å². The van der Waals surface area contributed by atoms with Gasteiger partial charge in [0.1, 0.15) is 10.9 Å². The van der Waals surface area contributed by atoms with Gasteiger partial charge in [0.05, 0.1) is 6.33 Å². The second-order valence-electron chi connectivity index (χ2n) is 2.85. The molecule has 0 unspecified atom stereocenters. The van der Waals surface area contributed by atoms with E-state index in [-0.39, 0.29) is 10.9 Å². The van der Waals surface area contributed by atoms with Crippen LogP contribution in [-0.2, 0) is 0 Å². The third-order valence-electron chi connectivity index (χ3n) is 1.99. The number of nitrogens with zero attached hydrogens (tertiary/aromatic N) is 1. The molecule has 0 aliphatic heterocycles. The summed E-state index contributed by atoms with van der Waals surface area (Å²) in [6.07, 6.45) is 1.00. The summed E-state index contributed by atoms with van der Waals surface area (Å²) in [4.78, 5) is 17.0. The lowest BCUT2D eigenvalue weighted by Gasteiger charge is -2.06. The van der Waals surface area contributed by atoms with E-state index in [9.17, 15) is 15.0 Å². The van der Waals surface area contributed by atoms with Gasteiger partial charge in [-0.25, -0.2) is 4.98 Å². The standard InChI is InChI=1S/C8H6N2O5/c11-4-2-3(9-1-10-8(2)15)5(12)7(14)6(4)13/h1,11-14H,(H,9,10,15). The van der Waals surface area contributed by atoms with Crippen molar-refractivity contribution >= 4 is 10.9 Å². The van der Waals surface area contributed by atoms with Gasteiger partial charge in [-0.1, -0.05) is 0 Å². The molecule has 0 spiro atoms. The van der Waals surface area contributed by atoms with Gasteiger partial charge in [0, 0.05) is 0 Å². The molecule has 0 aliphatic rings. The summed E-state index contributed by atoms with van der Waals surface area (Å²) in [6.45, 7) is 0. The number of aromatic hydroxyl groups is 4. The van der Waals surface area contributed by atoms with Crippen LogP contribution < -0.4 is 5.56 Å². The highest BCUT2D eigenvalue weighted by Gasteiger charge is 2.20. The highest BCUT2D eigenvalue weighted by Crippen LogP contribution is 2.46. The monoisotopic (exact) mass is 210 g/mol. The average molecular weight is 210 g/mol. The second-order valence-corrected chi connectivity index (χ2v) is 2.85. The van der Waals surface area contributed by atoms with Gasteiger partial charge in [-0.3, -0.25) is 4.79 Å². The molecular weight excluding hydrogens is 204 g/mol. The average Bonchev–Trinajstić information content (AvgIpc) is 2.23. The number of rotatable bonds is 0. The fraction of sp³-hybridized carbons (Fsp3) is 0. The highest BCUT2D eigenvalue weighted by molar-refractivity contribution is 5.94. The van der Waals surface area contributed by atoms with E-state index in [1.807, 2.05) is 0 Å². The number of hydrogen-bond donors (Lipinski definition) is 5. The van der Waals surface area contributed by atoms with Crippen LogP contribution in [0.4, 0.5) is 0 Å². The minimum absolute atomic E-state index is 0.286. The van der Waals surface area contributed by atoms with E-state index in [2.05, 4.69) is 9.97 Å². The molecular formula is C8H6N2O5. The first-order chi connectivity index (χ1) is 7.04. The van der Waals surface area contributed by atoms with Crippen LogP contribution in [0.2, 0.25) is 0 Å². The van der Waals surface area contributed by atoms with Gasteiger partial charge in [-0.2, -0.15) is 0 Å². The minimum atomic E-state index is -0.960. The number of nitrogens with one attached hydrogen (secondary N) is 1. The molecule has 1 heterocycles. The SMILES string of the molecule is O=c1[nH]cnc2c(O)c(O)c(O)c(O)c12. The van der Waals surface area contributed by atoms with E-state index in [0.29, 0.717) is 0 Å². The molecule has 0 saturated heterocycles. The van der Waals surface area contributed by atoms with Gasteiger partial charge in [-0.15, -0.1) is 0 Å². The summed E-state index contributed by atoms with van der Waals surface area (Å²) in [7, 11) is 0. The van der Waals surface area contributed by atoms with Crippen molar-refractivity contribution in [2.45, 2.75) is 0 Å². The van der Waals surface area contributed by atoms with Crippen LogP contribution in [0, 0.1) is 0 Å². The van der Waals surface area contributed by atoms with Crippen molar-refractivity contribution in [2.75, 3.05) is 0 Å². The molecule has 0 fully saturated rings. The molecule has 2 rings (SSSR count). The molecule has 0 saturated carbocycles. The Kier molecular flexibility index (Phi) is 1.69. The molecule has 0 amide bonds. The molecule has 0 radical (unpaired) electrons. The van der Waals surface area contributed by atoms with Crippen molar-refractivity contribution < 1.29 is 20.4 Å². The Labute approximate surface area is 81.9 Å². The van der Waals surface area contributed by atoms with E-state index >= 15 is 0 Å². The van der Waals surface area contributed by atoms with E-state index in [1.54, 1.807) is 0 Å². The van der Waals surface area contributed by atoms with Crippen LogP contribution >= 0.6 is 0 Å². The fourth-order valence-electron chi connectivity index (χ4n) is 1.25. The van der Waals surface area contributed by atoms with Crippen LogP contribution in [0.5, 0.6) is 23.0 Å². The Bertz CT molecular complexity index is 604. The largest absolute Gasteiger partial charge is 0.504 e. The normalized spacial score (nSPS) is 10.7. The summed E-state index contributed by atoms with van der Waals surface area (Å²) >= 11 is 0. The van der Waals surface area contributed by atoms with Crippen molar-refractivity contribution in [3.05, 3.63) is 16.7 Å². The first-order valence-corrected chi connectivity index (χ1v) is 3.87. The van der Waals surface area contributed by atoms with E-state index in [1.165, 1.54) is 0 Å². The molecule has 5 N–H and O–H groups in total. The van der Waals surface area contributed by atoms with E-state index in [4.69, 9.17) is 10.2 Å². The van der Waals surface area contributed by atoms with Gasteiger partial charge < -0.3 is 25.4 Å². The van der Waals surface area contributed by atoms with Crippen molar-refractivity contribution in [3.63, 3.8) is 0 Å².